The van der Waals surface area contributed by atoms with Crippen LogP contribution in [-0.4, -0.2) is 73.5 Å². The molecule has 1 aromatic heterocycles. The Hall–Kier alpha value is -3.87. The Bertz CT molecular complexity index is 1090. The van der Waals surface area contributed by atoms with Gasteiger partial charge in [0.2, 0.25) is 17.8 Å². The molecule has 3 rings (SSSR count). The van der Waals surface area contributed by atoms with E-state index in [1.54, 1.807) is 18.2 Å². The molecule has 0 unspecified atom stereocenters. The third kappa shape index (κ3) is 10.7. The van der Waals surface area contributed by atoms with Gasteiger partial charge in [-0.15, -0.1) is 0 Å². The van der Waals surface area contributed by atoms with Crippen LogP contribution in [0.1, 0.15) is 15.9 Å². The number of amides is 1. The molecule has 37 heavy (non-hydrogen) atoms. The average molecular weight is 513 g/mol. The summed E-state index contributed by atoms with van der Waals surface area (Å²) in [5, 5.41) is 12.0. The summed E-state index contributed by atoms with van der Waals surface area (Å²) in [6, 6.07) is 15.3. The number of carbonyl (C=O) groups is 1. The van der Waals surface area contributed by atoms with Gasteiger partial charge in [0.1, 0.15) is 5.82 Å². The van der Waals surface area contributed by atoms with Gasteiger partial charge in [-0.05, 0) is 29.8 Å². The molecule has 0 fully saturated rings. The molecule has 0 radical (unpaired) electrons. The minimum atomic E-state index is -0.303. The Morgan fingerprint density at radius 1 is 0.784 bits per heavy atom. The van der Waals surface area contributed by atoms with Gasteiger partial charge in [0.15, 0.2) is 0 Å². The van der Waals surface area contributed by atoms with Crippen LogP contribution in [0, 0.1) is 5.82 Å². The highest BCUT2D eigenvalue weighted by atomic mass is 19.1. The second-order valence-electron chi connectivity index (χ2n) is 7.78. The van der Waals surface area contributed by atoms with E-state index in [0.717, 1.165) is 5.56 Å². The maximum absolute atomic E-state index is 13.4. The number of anilines is 3. The first-order valence-corrected chi connectivity index (χ1v) is 12.0. The summed E-state index contributed by atoms with van der Waals surface area (Å²) >= 11 is 0. The number of nitrogens with one attached hydrogen (secondary N) is 4. The summed E-state index contributed by atoms with van der Waals surface area (Å²) in [5.74, 6) is 0.653. The zero-order valence-electron chi connectivity index (χ0n) is 20.6. The Morgan fingerprint density at radius 2 is 1.43 bits per heavy atom. The molecule has 0 saturated carbocycles. The van der Waals surface area contributed by atoms with Gasteiger partial charge >= 0.3 is 0 Å². The second kappa shape index (κ2) is 16.0. The van der Waals surface area contributed by atoms with E-state index in [1.165, 1.54) is 12.1 Å². The van der Waals surface area contributed by atoms with Crippen molar-refractivity contribution in [1.82, 2.24) is 20.3 Å². The van der Waals surface area contributed by atoms with E-state index in [9.17, 15) is 9.18 Å². The molecule has 11 nitrogen and oxygen atoms in total. The van der Waals surface area contributed by atoms with Gasteiger partial charge < -0.3 is 36.5 Å². The van der Waals surface area contributed by atoms with Gasteiger partial charge in [0.25, 0.3) is 5.91 Å². The lowest BCUT2D eigenvalue weighted by Gasteiger charge is -2.11. The molecular weight excluding hydrogens is 479 g/mol. The number of hydrogen-bond donors (Lipinski definition) is 5. The number of hydrogen-bond acceptors (Lipinski definition) is 10. The Balaban J connectivity index is 1.32. The summed E-state index contributed by atoms with van der Waals surface area (Å²) in [7, 11) is 0. The fourth-order valence-corrected chi connectivity index (χ4v) is 3.11. The summed E-state index contributed by atoms with van der Waals surface area (Å²) in [5.41, 5.74) is 6.94. The van der Waals surface area contributed by atoms with Gasteiger partial charge in [-0.1, -0.05) is 30.3 Å². The van der Waals surface area contributed by atoms with Crippen LogP contribution in [0.3, 0.4) is 0 Å². The van der Waals surface area contributed by atoms with E-state index in [-0.39, 0.29) is 11.7 Å². The van der Waals surface area contributed by atoms with E-state index >= 15 is 0 Å². The van der Waals surface area contributed by atoms with Crippen molar-refractivity contribution in [2.24, 2.45) is 5.73 Å². The molecular formula is C25H33FN8O3. The first-order chi connectivity index (χ1) is 18.1. The van der Waals surface area contributed by atoms with Crippen LogP contribution < -0.4 is 27.0 Å². The van der Waals surface area contributed by atoms with E-state index in [0.29, 0.717) is 82.6 Å². The standard InChI is InChI=1S/C25H33FN8O3/c26-21-8-4-5-19(17-21)18-31-25-33-23(29-10-9-27)32-24(34-25)30-12-14-37-16-15-36-13-11-28-22(35)20-6-2-1-3-7-20/h1-8,17H,9-16,18,27H2,(H,28,35)(H3,29,30,31,32,33,34). The van der Waals surface area contributed by atoms with Crippen LogP contribution in [0.4, 0.5) is 22.2 Å². The van der Waals surface area contributed by atoms with Gasteiger partial charge in [0.05, 0.1) is 26.4 Å². The number of nitrogens with zero attached hydrogens (tertiary/aromatic N) is 3. The van der Waals surface area contributed by atoms with Gasteiger partial charge in [-0.2, -0.15) is 15.0 Å². The lowest BCUT2D eigenvalue weighted by atomic mass is 10.2. The SMILES string of the molecule is NCCNc1nc(NCCOCCOCCNC(=O)c2ccccc2)nc(NCc2cccc(F)c2)n1. The maximum atomic E-state index is 13.4. The molecule has 1 heterocycles. The minimum absolute atomic E-state index is 0.126. The molecule has 0 saturated heterocycles. The Kier molecular flexibility index (Phi) is 12.0. The lowest BCUT2D eigenvalue weighted by molar-refractivity contribution is 0.0519. The van der Waals surface area contributed by atoms with Gasteiger partial charge in [-0.25, -0.2) is 4.39 Å². The lowest BCUT2D eigenvalue weighted by Crippen LogP contribution is -2.27. The van der Waals surface area contributed by atoms with E-state index in [4.69, 9.17) is 15.2 Å². The van der Waals surface area contributed by atoms with Crippen LogP contribution >= 0.6 is 0 Å². The molecule has 0 aliphatic heterocycles. The molecule has 12 heteroatoms. The van der Waals surface area contributed by atoms with Crippen molar-refractivity contribution in [3.05, 3.63) is 71.5 Å². The zero-order valence-corrected chi connectivity index (χ0v) is 20.6. The fraction of sp³-hybridized carbons (Fsp3) is 0.360. The maximum Gasteiger partial charge on any atom is 0.251 e. The van der Waals surface area contributed by atoms with Crippen molar-refractivity contribution in [2.75, 3.05) is 68.6 Å². The van der Waals surface area contributed by atoms with Gasteiger partial charge in [0, 0.05) is 38.3 Å². The zero-order chi connectivity index (χ0) is 26.1. The molecule has 0 aliphatic carbocycles. The Morgan fingerprint density at radius 3 is 2.11 bits per heavy atom. The Labute approximate surface area is 215 Å². The summed E-state index contributed by atoms with van der Waals surface area (Å²) < 4.78 is 24.5. The van der Waals surface area contributed by atoms with Crippen molar-refractivity contribution in [3.63, 3.8) is 0 Å². The molecule has 0 aliphatic rings. The largest absolute Gasteiger partial charge is 0.377 e. The molecule has 3 aromatic rings. The molecule has 1 amide bonds. The van der Waals surface area contributed by atoms with Gasteiger partial charge in [-0.3, -0.25) is 4.79 Å². The minimum Gasteiger partial charge on any atom is -0.377 e. The first-order valence-electron chi connectivity index (χ1n) is 12.0. The number of benzene rings is 2. The molecule has 6 N–H and O–H groups in total. The highest BCUT2D eigenvalue weighted by Gasteiger charge is 2.07. The smallest absolute Gasteiger partial charge is 0.251 e. The topological polar surface area (TPSA) is 148 Å². The molecule has 0 atom stereocenters. The summed E-state index contributed by atoms with van der Waals surface area (Å²) in [6.45, 7) is 3.82. The third-order valence-electron chi connectivity index (χ3n) is 4.87. The van der Waals surface area contributed by atoms with Crippen molar-refractivity contribution in [1.29, 1.82) is 0 Å². The van der Waals surface area contributed by atoms with Crippen LogP contribution in [0.2, 0.25) is 0 Å². The predicted molar refractivity (Wildman–Crippen MR) is 140 cm³/mol. The molecule has 0 spiro atoms. The van der Waals surface area contributed by atoms with Crippen molar-refractivity contribution in [2.45, 2.75) is 6.54 Å². The third-order valence-corrected chi connectivity index (χ3v) is 4.87. The summed E-state index contributed by atoms with van der Waals surface area (Å²) in [4.78, 5) is 24.9. The monoisotopic (exact) mass is 512 g/mol. The van der Waals surface area contributed by atoms with Crippen molar-refractivity contribution >= 4 is 23.8 Å². The highest BCUT2D eigenvalue weighted by molar-refractivity contribution is 5.94. The first kappa shape index (κ1) is 27.7. The predicted octanol–water partition coefficient (Wildman–Crippen LogP) is 1.87. The second-order valence-corrected chi connectivity index (χ2v) is 7.78. The van der Waals surface area contributed by atoms with Crippen LogP contribution in [-0.2, 0) is 16.0 Å². The van der Waals surface area contributed by atoms with Crippen LogP contribution in [0.25, 0.3) is 0 Å². The summed E-state index contributed by atoms with van der Waals surface area (Å²) in [6.07, 6.45) is 0. The number of aromatic nitrogens is 3. The number of rotatable bonds is 17. The van der Waals surface area contributed by atoms with Crippen LogP contribution in [0.15, 0.2) is 54.6 Å². The van der Waals surface area contributed by atoms with Crippen molar-refractivity contribution in [3.8, 4) is 0 Å². The molecule has 0 bridgehead atoms. The van der Waals surface area contributed by atoms with Crippen LogP contribution in [0.5, 0.6) is 0 Å². The van der Waals surface area contributed by atoms with Crippen molar-refractivity contribution < 1.29 is 18.7 Å². The average Bonchev–Trinajstić information content (AvgIpc) is 2.92. The fourth-order valence-electron chi connectivity index (χ4n) is 3.11. The molecule has 198 valence electrons. The quantitative estimate of drug-likeness (QED) is 0.170. The van der Waals surface area contributed by atoms with E-state index < -0.39 is 0 Å². The number of carbonyl (C=O) groups excluding carboxylic acids is 1. The number of nitrogens with two attached hydrogens (primary N) is 1. The number of ether oxygens (including phenoxy) is 2. The van der Waals surface area contributed by atoms with E-state index in [2.05, 4.69) is 36.2 Å². The normalized spacial score (nSPS) is 10.6. The highest BCUT2D eigenvalue weighted by Crippen LogP contribution is 2.11. The molecule has 2 aromatic carbocycles. The number of halogens is 1. The van der Waals surface area contributed by atoms with E-state index in [1.807, 2.05) is 24.3 Å².